The summed E-state index contributed by atoms with van der Waals surface area (Å²) in [4.78, 5) is 21.7. The Morgan fingerprint density at radius 3 is 2.50 bits per heavy atom. The van der Waals surface area contributed by atoms with E-state index in [2.05, 4.69) is 6.92 Å². The van der Waals surface area contributed by atoms with Crippen LogP contribution in [0.1, 0.15) is 54.9 Å². The molecule has 3 heteroatoms. The summed E-state index contributed by atoms with van der Waals surface area (Å²) in [6.45, 7) is 2.14. The molecule has 1 fully saturated rings. The molecule has 1 aliphatic carbocycles. The monoisotopic (exact) mass is 248 g/mol. The average Bonchev–Trinajstić information content (AvgIpc) is 2.90. The maximum atomic E-state index is 11.7. The second kappa shape index (κ2) is 6.55. The van der Waals surface area contributed by atoms with Gasteiger partial charge in [0.05, 0.1) is 5.56 Å². The zero-order valence-corrected chi connectivity index (χ0v) is 10.9. The van der Waals surface area contributed by atoms with Crippen LogP contribution < -0.4 is 0 Å². The van der Waals surface area contributed by atoms with Crippen molar-refractivity contribution in [3.05, 3.63) is 35.4 Å². The first-order chi connectivity index (χ1) is 8.79. The summed E-state index contributed by atoms with van der Waals surface area (Å²) >= 11 is 0. The van der Waals surface area contributed by atoms with E-state index >= 15 is 0 Å². The Balaban J connectivity index is 1.83. The Kier molecular flexibility index (Phi) is 4.76. The summed E-state index contributed by atoms with van der Waals surface area (Å²) < 4.78 is 0. The predicted octanol–water partition coefficient (Wildman–Crippen LogP) is 3.67. The zero-order chi connectivity index (χ0) is 12.8. The van der Waals surface area contributed by atoms with Crippen LogP contribution in [-0.4, -0.2) is 12.1 Å². The summed E-state index contributed by atoms with van der Waals surface area (Å²) in [5, 5.41) is 0. The first-order valence-electron chi connectivity index (χ1n) is 6.76. The van der Waals surface area contributed by atoms with Crippen molar-refractivity contribution >= 4 is 5.97 Å². The highest BCUT2D eigenvalue weighted by atomic mass is 17.2. The molecular formula is C15H20O3. The van der Waals surface area contributed by atoms with Crippen molar-refractivity contribution in [3.8, 4) is 0 Å². The first-order valence-corrected chi connectivity index (χ1v) is 6.76. The van der Waals surface area contributed by atoms with Gasteiger partial charge in [0.1, 0.15) is 6.10 Å². The van der Waals surface area contributed by atoms with Gasteiger partial charge in [-0.15, -0.1) is 0 Å². The zero-order valence-electron chi connectivity index (χ0n) is 10.9. The number of carbonyl (C=O) groups is 1. The van der Waals surface area contributed by atoms with Crippen LogP contribution in [0, 0.1) is 0 Å². The van der Waals surface area contributed by atoms with Gasteiger partial charge in [-0.3, -0.25) is 4.89 Å². The molecule has 0 saturated heterocycles. The van der Waals surface area contributed by atoms with E-state index in [1.165, 1.54) is 5.56 Å². The van der Waals surface area contributed by atoms with Crippen molar-refractivity contribution in [1.82, 2.24) is 0 Å². The molecule has 2 rings (SSSR count). The number of benzene rings is 1. The summed E-state index contributed by atoms with van der Waals surface area (Å²) in [6.07, 6.45) is 6.53. The fourth-order valence-corrected chi connectivity index (χ4v) is 2.24. The summed E-state index contributed by atoms with van der Waals surface area (Å²) in [5.74, 6) is -0.398. The minimum Gasteiger partial charge on any atom is -0.293 e. The number of hydrogen-bond acceptors (Lipinski definition) is 3. The molecule has 1 aromatic rings. The molecule has 1 saturated carbocycles. The number of aryl methyl sites for hydroxylation is 1. The summed E-state index contributed by atoms with van der Waals surface area (Å²) in [5.41, 5.74) is 1.79. The van der Waals surface area contributed by atoms with Crippen molar-refractivity contribution in [1.29, 1.82) is 0 Å². The Hall–Kier alpha value is -1.35. The van der Waals surface area contributed by atoms with Crippen LogP contribution >= 0.6 is 0 Å². The lowest BCUT2D eigenvalue weighted by molar-refractivity contribution is -0.272. The third kappa shape index (κ3) is 3.57. The molecular weight excluding hydrogens is 228 g/mol. The Bertz CT molecular complexity index is 377. The van der Waals surface area contributed by atoms with Gasteiger partial charge in [0.2, 0.25) is 0 Å². The van der Waals surface area contributed by atoms with Gasteiger partial charge in [0, 0.05) is 0 Å². The molecule has 0 bridgehead atoms. The van der Waals surface area contributed by atoms with E-state index in [1.54, 1.807) is 12.1 Å². The van der Waals surface area contributed by atoms with Crippen LogP contribution in [-0.2, 0) is 16.2 Å². The second-order valence-electron chi connectivity index (χ2n) is 4.82. The molecule has 0 N–H and O–H groups in total. The maximum absolute atomic E-state index is 11.7. The topological polar surface area (TPSA) is 35.5 Å². The number of carbonyl (C=O) groups excluding carboxylic acids is 1. The van der Waals surface area contributed by atoms with E-state index in [4.69, 9.17) is 9.78 Å². The van der Waals surface area contributed by atoms with Crippen molar-refractivity contribution in [2.45, 2.75) is 51.6 Å². The molecule has 0 heterocycles. The quantitative estimate of drug-likeness (QED) is 0.589. The van der Waals surface area contributed by atoms with Crippen LogP contribution in [0.25, 0.3) is 0 Å². The van der Waals surface area contributed by atoms with Crippen molar-refractivity contribution < 1.29 is 14.6 Å². The maximum Gasteiger partial charge on any atom is 0.373 e. The largest absolute Gasteiger partial charge is 0.373 e. The fraction of sp³-hybridized carbons (Fsp3) is 0.533. The SMILES string of the molecule is CCCc1ccc(C(=O)OOC2CCCC2)cc1. The molecule has 0 amide bonds. The Morgan fingerprint density at radius 2 is 1.89 bits per heavy atom. The lowest BCUT2D eigenvalue weighted by Crippen LogP contribution is -2.13. The molecule has 0 spiro atoms. The van der Waals surface area contributed by atoms with Crippen LogP contribution in [0.3, 0.4) is 0 Å². The highest BCUT2D eigenvalue weighted by Crippen LogP contribution is 2.21. The standard InChI is InChI=1S/C15H20O3/c1-2-5-12-8-10-13(11-9-12)15(16)18-17-14-6-3-4-7-14/h8-11,14H,2-7H2,1H3. The lowest BCUT2D eigenvalue weighted by Gasteiger charge is -2.09. The van der Waals surface area contributed by atoms with E-state index in [-0.39, 0.29) is 6.10 Å². The molecule has 18 heavy (non-hydrogen) atoms. The van der Waals surface area contributed by atoms with Gasteiger partial charge in [-0.25, -0.2) is 4.79 Å². The molecule has 0 atom stereocenters. The minimum atomic E-state index is -0.398. The molecule has 0 radical (unpaired) electrons. The second-order valence-corrected chi connectivity index (χ2v) is 4.82. The Labute approximate surface area is 108 Å². The predicted molar refractivity (Wildman–Crippen MR) is 69.2 cm³/mol. The highest BCUT2D eigenvalue weighted by molar-refractivity contribution is 5.88. The smallest absolute Gasteiger partial charge is 0.293 e. The van der Waals surface area contributed by atoms with E-state index < -0.39 is 5.97 Å². The Morgan fingerprint density at radius 1 is 1.22 bits per heavy atom. The van der Waals surface area contributed by atoms with E-state index in [1.807, 2.05) is 12.1 Å². The lowest BCUT2D eigenvalue weighted by atomic mass is 10.1. The van der Waals surface area contributed by atoms with E-state index in [0.717, 1.165) is 38.5 Å². The highest BCUT2D eigenvalue weighted by Gasteiger charge is 2.19. The molecule has 98 valence electrons. The van der Waals surface area contributed by atoms with Crippen molar-refractivity contribution in [2.24, 2.45) is 0 Å². The molecule has 3 nitrogen and oxygen atoms in total. The first kappa shape index (κ1) is 13.1. The van der Waals surface area contributed by atoms with Gasteiger partial charge in [-0.1, -0.05) is 38.3 Å². The number of hydrogen-bond donors (Lipinski definition) is 0. The van der Waals surface area contributed by atoms with Crippen molar-refractivity contribution in [2.75, 3.05) is 0 Å². The van der Waals surface area contributed by atoms with Crippen molar-refractivity contribution in [3.63, 3.8) is 0 Å². The molecule has 1 aromatic carbocycles. The number of rotatable bonds is 5. The van der Waals surface area contributed by atoms with E-state index in [9.17, 15) is 4.79 Å². The van der Waals surface area contributed by atoms with Crippen LogP contribution in [0.15, 0.2) is 24.3 Å². The van der Waals surface area contributed by atoms with Crippen LogP contribution in [0.5, 0.6) is 0 Å². The summed E-state index contributed by atoms with van der Waals surface area (Å²) in [6, 6.07) is 7.53. The third-order valence-electron chi connectivity index (χ3n) is 3.29. The molecule has 0 unspecified atom stereocenters. The van der Waals surface area contributed by atoms with Crippen LogP contribution in [0.2, 0.25) is 0 Å². The van der Waals surface area contributed by atoms with E-state index in [0.29, 0.717) is 5.56 Å². The van der Waals surface area contributed by atoms with Gasteiger partial charge < -0.3 is 0 Å². The molecule has 1 aliphatic rings. The van der Waals surface area contributed by atoms with Gasteiger partial charge in [0.15, 0.2) is 0 Å². The third-order valence-corrected chi connectivity index (χ3v) is 3.29. The van der Waals surface area contributed by atoms with Gasteiger partial charge in [0.25, 0.3) is 0 Å². The normalized spacial score (nSPS) is 15.8. The van der Waals surface area contributed by atoms with Crippen LogP contribution in [0.4, 0.5) is 0 Å². The van der Waals surface area contributed by atoms with Gasteiger partial charge in [-0.2, -0.15) is 4.89 Å². The van der Waals surface area contributed by atoms with Gasteiger partial charge >= 0.3 is 5.97 Å². The molecule has 0 aromatic heterocycles. The minimum absolute atomic E-state index is 0.0910. The van der Waals surface area contributed by atoms with Gasteiger partial charge in [-0.05, 0) is 37.0 Å². The fourth-order valence-electron chi connectivity index (χ4n) is 2.24. The average molecular weight is 248 g/mol. The summed E-state index contributed by atoms with van der Waals surface area (Å²) in [7, 11) is 0. The molecule has 0 aliphatic heterocycles.